The number of fused-ring (bicyclic) bond motifs is 1. The van der Waals surface area contributed by atoms with E-state index in [2.05, 4.69) is 11.4 Å². The Balaban J connectivity index is 1.83. The fraction of sp³-hybridized carbons (Fsp3) is 0.500. The normalized spacial score (nSPS) is 27.1. The topological polar surface area (TPSA) is 52.6 Å². The standard InChI is InChI=1S/C14H18N2O2/c17-11-6-8-16(9-11)14(18)13-12-4-2-1-3-10(12)5-7-15-13/h1-4,11,13,15,17H,5-9H2/t11-,13?/m0/s1. The Kier molecular flexibility index (Phi) is 3.06. The fourth-order valence-corrected chi connectivity index (χ4v) is 2.85. The zero-order chi connectivity index (χ0) is 12.5. The first kappa shape index (κ1) is 11.7. The van der Waals surface area contributed by atoms with Gasteiger partial charge in [-0.05, 0) is 24.0 Å². The van der Waals surface area contributed by atoms with Gasteiger partial charge in [-0.2, -0.15) is 0 Å². The summed E-state index contributed by atoms with van der Waals surface area (Å²) in [6.45, 7) is 1.98. The van der Waals surface area contributed by atoms with E-state index in [1.807, 2.05) is 18.2 Å². The predicted molar refractivity (Wildman–Crippen MR) is 68.1 cm³/mol. The quantitative estimate of drug-likeness (QED) is 0.757. The van der Waals surface area contributed by atoms with Crippen molar-refractivity contribution in [3.63, 3.8) is 0 Å². The molecule has 3 rings (SSSR count). The van der Waals surface area contributed by atoms with Crippen LogP contribution < -0.4 is 5.32 Å². The van der Waals surface area contributed by atoms with E-state index in [-0.39, 0.29) is 18.1 Å². The lowest BCUT2D eigenvalue weighted by Gasteiger charge is -2.29. The number of hydrogen-bond donors (Lipinski definition) is 2. The van der Waals surface area contributed by atoms with Crippen molar-refractivity contribution in [3.05, 3.63) is 35.4 Å². The summed E-state index contributed by atoms with van der Waals surface area (Å²) in [4.78, 5) is 14.2. The van der Waals surface area contributed by atoms with Crippen LogP contribution in [0.5, 0.6) is 0 Å². The van der Waals surface area contributed by atoms with Crippen molar-refractivity contribution in [1.29, 1.82) is 0 Å². The van der Waals surface area contributed by atoms with Gasteiger partial charge < -0.3 is 15.3 Å². The molecule has 96 valence electrons. The highest BCUT2D eigenvalue weighted by molar-refractivity contribution is 5.84. The monoisotopic (exact) mass is 246 g/mol. The van der Waals surface area contributed by atoms with Crippen LogP contribution in [0.2, 0.25) is 0 Å². The second-order valence-corrected chi connectivity index (χ2v) is 5.06. The summed E-state index contributed by atoms with van der Waals surface area (Å²) >= 11 is 0. The van der Waals surface area contributed by atoms with Crippen LogP contribution >= 0.6 is 0 Å². The molecule has 4 heteroatoms. The lowest BCUT2D eigenvalue weighted by Crippen LogP contribution is -2.43. The van der Waals surface area contributed by atoms with Gasteiger partial charge in [0.05, 0.1) is 6.10 Å². The van der Waals surface area contributed by atoms with E-state index in [1.165, 1.54) is 5.56 Å². The SMILES string of the molecule is O=C(C1NCCc2ccccc21)N1CC[C@H](O)C1. The van der Waals surface area contributed by atoms with Gasteiger partial charge in [0.2, 0.25) is 5.91 Å². The van der Waals surface area contributed by atoms with Crippen molar-refractivity contribution >= 4 is 5.91 Å². The smallest absolute Gasteiger partial charge is 0.244 e. The third-order valence-corrected chi connectivity index (χ3v) is 3.83. The van der Waals surface area contributed by atoms with Gasteiger partial charge in [-0.25, -0.2) is 0 Å². The minimum absolute atomic E-state index is 0.0960. The van der Waals surface area contributed by atoms with Crippen molar-refractivity contribution in [1.82, 2.24) is 10.2 Å². The Bertz CT molecular complexity index is 461. The van der Waals surface area contributed by atoms with Crippen LogP contribution in [-0.2, 0) is 11.2 Å². The maximum Gasteiger partial charge on any atom is 0.244 e. The number of amides is 1. The van der Waals surface area contributed by atoms with Gasteiger partial charge in [-0.3, -0.25) is 4.79 Å². The summed E-state index contributed by atoms with van der Waals surface area (Å²) in [5, 5.41) is 12.8. The number of rotatable bonds is 1. The number of β-amino-alcohol motifs (C(OH)–C–C–N with tert-alkyl or cyclic N) is 1. The molecule has 1 saturated heterocycles. The number of likely N-dealkylation sites (tertiary alicyclic amines) is 1. The molecule has 0 aromatic heterocycles. The van der Waals surface area contributed by atoms with E-state index < -0.39 is 0 Å². The highest BCUT2D eigenvalue weighted by Gasteiger charge is 2.32. The van der Waals surface area contributed by atoms with E-state index in [0.29, 0.717) is 19.5 Å². The molecule has 1 amide bonds. The van der Waals surface area contributed by atoms with E-state index in [9.17, 15) is 9.90 Å². The van der Waals surface area contributed by atoms with Gasteiger partial charge in [-0.15, -0.1) is 0 Å². The van der Waals surface area contributed by atoms with Crippen molar-refractivity contribution in [2.24, 2.45) is 0 Å². The number of aliphatic hydroxyl groups excluding tert-OH is 1. The summed E-state index contributed by atoms with van der Waals surface area (Å²) in [5.41, 5.74) is 2.35. The molecule has 1 fully saturated rings. The maximum absolute atomic E-state index is 12.5. The molecule has 0 aliphatic carbocycles. The minimum Gasteiger partial charge on any atom is -0.391 e. The molecular weight excluding hydrogens is 228 g/mol. The van der Waals surface area contributed by atoms with Gasteiger partial charge in [0, 0.05) is 19.6 Å². The highest BCUT2D eigenvalue weighted by Crippen LogP contribution is 2.25. The Morgan fingerprint density at radius 2 is 2.22 bits per heavy atom. The first-order chi connectivity index (χ1) is 8.75. The maximum atomic E-state index is 12.5. The average Bonchev–Trinajstić information content (AvgIpc) is 2.84. The summed E-state index contributed by atoms with van der Waals surface area (Å²) in [6, 6.07) is 7.88. The molecule has 2 atom stereocenters. The van der Waals surface area contributed by atoms with Crippen molar-refractivity contribution in [2.75, 3.05) is 19.6 Å². The molecule has 18 heavy (non-hydrogen) atoms. The average molecular weight is 246 g/mol. The molecule has 2 N–H and O–H groups in total. The van der Waals surface area contributed by atoms with Gasteiger partial charge in [0.1, 0.15) is 6.04 Å². The molecule has 2 heterocycles. The first-order valence-electron chi connectivity index (χ1n) is 6.54. The summed E-state index contributed by atoms with van der Waals surface area (Å²) in [5.74, 6) is 0.0960. The van der Waals surface area contributed by atoms with Gasteiger partial charge in [-0.1, -0.05) is 24.3 Å². The predicted octanol–water partition coefficient (Wildman–Crippen LogP) is 0.467. The van der Waals surface area contributed by atoms with Crippen LogP contribution in [0, 0.1) is 0 Å². The molecule has 0 saturated carbocycles. The number of carbonyl (C=O) groups excluding carboxylic acids is 1. The number of hydrogen-bond acceptors (Lipinski definition) is 3. The third kappa shape index (κ3) is 2.02. The Labute approximate surface area is 107 Å². The molecule has 4 nitrogen and oxygen atoms in total. The van der Waals surface area contributed by atoms with Crippen LogP contribution in [0.25, 0.3) is 0 Å². The second kappa shape index (κ2) is 4.71. The summed E-state index contributed by atoms with van der Waals surface area (Å²) in [6.07, 6.45) is 1.32. The zero-order valence-corrected chi connectivity index (χ0v) is 10.3. The van der Waals surface area contributed by atoms with Gasteiger partial charge >= 0.3 is 0 Å². The number of carbonyl (C=O) groups is 1. The number of nitrogens with zero attached hydrogens (tertiary/aromatic N) is 1. The van der Waals surface area contributed by atoms with E-state index in [1.54, 1.807) is 4.90 Å². The van der Waals surface area contributed by atoms with Gasteiger partial charge in [0.25, 0.3) is 0 Å². The fourth-order valence-electron chi connectivity index (χ4n) is 2.85. The molecule has 2 aliphatic rings. The van der Waals surface area contributed by atoms with Crippen molar-refractivity contribution in [2.45, 2.75) is 25.0 Å². The second-order valence-electron chi connectivity index (χ2n) is 5.06. The molecule has 1 unspecified atom stereocenters. The zero-order valence-electron chi connectivity index (χ0n) is 10.3. The first-order valence-corrected chi connectivity index (χ1v) is 6.54. The summed E-state index contributed by atoms with van der Waals surface area (Å²) in [7, 11) is 0. The molecule has 0 spiro atoms. The van der Waals surface area contributed by atoms with Crippen LogP contribution in [0.3, 0.4) is 0 Å². The Morgan fingerprint density at radius 3 is 3.00 bits per heavy atom. The molecule has 2 aliphatic heterocycles. The van der Waals surface area contributed by atoms with Crippen molar-refractivity contribution in [3.8, 4) is 0 Å². The van der Waals surface area contributed by atoms with E-state index in [0.717, 1.165) is 18.5 Å². The minimum atomic E-state index is -0.354. The highest BCUT2D eigenvalue weighted by atomic mass is 16.3. The molecule has 0 radical (unpaired) electrons. The number of aliphatic hydroxyl groups is 1. The number of benzene rings is 1. The lowest BCUT2D eigenvalue weighted by molar-refractivity contribution is -0.133. The number of nitrogens with one attached hydrogen (secondary N) is 1. The molecular formula is C14H18N2O2. The lowest BCUT2D eigenvalue weighted by atomic mass is 9.93. The van der Waals surface area contributed by atoms with Crippen molar-refractivity contribution < 1.29 is 9.90 Å². The Morgan fingerprint density at radius 1 is 1.39 bits per heavy atom. The van der Waals surface area contributed by atoms with Crippen LogP contribution in [0.1, 0.15) is 23.6 Å². The summed E-state index contributed by atoms with van der Waals surface area (Å²) < 4.78 is 0. The van der Waals surface area contributed by atoms with E-state index in [4.69, 9.17) is 0 Å². The Hall–Kier alpha value is -1.39. The molecule has 1 aromatic carbocycles. The molecule has 1 aromatic rings. The third-order valence-electron chi connectivity index (χ3n) is 3.83. The largest absolute Gasteiger partial charge is 0.391 e. The van der Waals surface area contributed by atoms with Gasteiger partial charge in [0.15, 0.2) is 0 Å². The van der Waals surface area contributed by atoms with E-state index >= 15 is 0 Å². The van der Waals surface area contributed by atoms with Crippen LogP contribution in [0.15, 0.2) is 24.3 Å². The van der Waals surface area contributed by atoms with Crippen LogP contribution in [0.4, 0.5) is 0 Å². The molecule has 0 bridgehead atoms. The van der Waals surface area contributed by atoms with Crippen LogP contribution in [-0.4, -0.2) is 41.7 Å².